The van der Waals surface area contributed by atoms with Gasteiger partial charge >= 0.3 is 12.2 Å². The van der Waals surface area contributed by atoms with Gasteiger partial charge in [0.2, 0.25) is 0 Å². The summed E-state index contributed by atoms with van der Waals surface area (Å²) in [4.78, 5) is 37.4. The molecule has 0 radical (unpaired) electrons. The number of amides is 2. The van der Waals surface area contributed by atoms with Gasteiger partial charge in [-0.1, -0.05) is 35.5 Å². The molecule has 1 saturated carbocycles. The minimum absolute atomic E-state index is 0.0236. The Balaban J connectivity index is 1.65. The van der Waals surface area contributed by atoms with Crippen molar-refractivity contribution < 1.29 is 28.6 Å². The normalized spacial score (nSPS) is 19.8. The van der Waals surface area contributed by atoms with E-state index in [0.717, 1.165) is 0 Å². The highest BCUT2D eigenvalue weighted by molar-refractivity contribution is 5.95. The third-order valence-electron chi connectivity index (χ3n) is 5.46. The Kier molecular flexibility index (Phi) is 8.90. The van der Waals surface area contributed by atoms with E-state index in [1.165, 1.54) is 4.68 Å². The SMILES string of the molecule is CC(C)(C)OC(=O)N[C@H]1C[C@@H](NC(=O)OC(C)(C)C)[C@H](OCc2cnnn2CC(=O)c2ccccc2)C1. The van der Waals surface area contributed by atoms with Crippen molar-refractivity contribution in [2.75, 3.05) is 0 Å². The summed E-state index contributed by atoms with van der Waals surface area (Å²) < 4.78 is 18.4. The van der Waals surface area contributed by atoms with Crippen molar-refractivity contribution in [1.29, 1.82) is 0 Å². The van der Waals surface area contributed by atoms with Crippen LogP contribution in [-0.2, 0) is 27.4 Å². The number of nitrogens with zero attached hydrogens (tertiary/aromatic N) is 3. The van der Waals surface area contributed by atoms with E-state index in [2.05, 4.69) is 20.9 Å². The van der Waals surface area contributed by atoms with Crippen LogP contribution in [0.5, 0.6) is 0 Å². The minimum atomic E-state index is -0.656. The molecule has 2 amide bonds. The van der Waals surface area contributed by atoms with Crippen molar-refractivity contribution in [2.24, 2.45) is 0 Å². The molecule has 1 aromatic heterocycles. The van der Waals surface area contributed by atoms with Gasteiger partial charge in [0.25, 0.3) is 0 Å². The zero-order valence-electron chi connectivity index (χ0n) is 22.3. The molecule has 0 saturated heterocycles. The lowest BCUT2D eigenvalue weighted by atomic mass is 10.1. The van der Waals surface area contributed by atoms with E-state index >= 15 is 0 Å². The van der Waals surface area contributed by atoms with E-state index in [4.69, 9.17) is 14.2 Å². The number of carbonyl (C=O) groups excluding carboxylic acids is 3. The van der Waals surface area contributed by atoms with Gasteiger partial charge in [0, 0.05) is 11.6 Å². The molecule has 1 aliphatic rings. The lowest BCUT2D eigenvalue weighted by Crippen LogP contribution is -2.44. The van der Waals surface area contributed by atoms with Crippen LogP contribution >= 0.6 is 0 Å². The van der Waals surface area contributed by atoms with Crippen molar-refractivity contribution in [1.82, 2.24) is 25.6 Å². The van der Waals surface area contributed by atoms with Gasteiger partial charge in [-0.2, -0.15) is 0 Å². The zero-order chi connectivity index (χ0) is 27.2. The van der Waals surface area contributed by atoms with E-state index in [-0.39, 0.29) is 25.0 Å². The number of aromatic nitrogens is 3. The van der Waals surface area contributed by atoms with E-state index in [9.17, 15) is 14.4 Å². The number of benzene rings is 1. The molecular weight excluding hydrogens is 478 g/mol. The molecule has 2 N–H and O–H groups in total. The maximum Gasteiger partial charge on any atom is 0.407 e. The lowest BCUT2D eigenvalue weighted by Gasteiger charge is -2.24. The van der Waals surface area contributed by atoms with Gasteiger partial charge in [0.05, 0.1) is 30.6 Å². The third-order valence-corrected chi connectivity index (χ3v) is 5.46. The summed E-state index contributed by atoms with van der Waals surface area (Å²) in [5, 5.41) is 13.7. The molecule has 3 rings (SSSR count). The molecule has 0 spiro atoms. The monoisotopic (exact) mass is 515 g/mol. The van der Waals surface area contributed by atoms with Crippen LogP contribution in [0.1, 0.15) is 70.4 Å². The predicted molar refractivity (Wildman–Crippen MR) is 135 cm³/mol. The average molecular weight is 516 g/mol. The van der Waals surface area contributed by atoms with Gasteiger partial charge in [-0.05, 0) is 54.4 Å². The first kappa shape index (κ1) is 28.1. The summed E-state index contributed by atoms with van der Waals surface area (Å²) in [5.41, 5.74) is -0.0892. The van der Waals surface area contributed by atoms with Crippen molar-refractivity contribution in [2.45, 2.75) is 96.9 Å². The standard InChI is InChI=1S/C26H37N5O6/c1-25(2,3)36-23(33)28-18-12-20(29-24(34)37-26(4,5)6)22(13-18)35-16-19-14-27-30-31(19)15-21(32)17-10-8-7-9-11-17/h7-11,14,18,20,22H,12-13,15-16H2,1-6H3,(H,28,33)(H,29,34)/t18-,20+,22+/m0/s1. The summed E-state index contributed by atoms with van der Waals surface area (Å²) in [6, 6.07) is 8.26. The number of hydrogen-bond donors (Lipinski definition) is 2. The fourth-order valence-electron chi connectivity index (χ4n) is 3.95. The van der Waals surface area contributed by atoms with Crippen LogP contribution in [0.15, 0.2) is 36.5 Å². The highest BCUT2D eigenvalue weighted by Crippen LogP contribution is 2.25. The first-order valence-corrected chi connectivity index (χ1v) is 12.4. The quantitative estimate of drug-likeness (QED) is 0.509. The number of Topliss-reactive ketones (excluding diaryl/α,β-unsaturated/α-hetero) is 1. The topological polar surface area (TPSA) is 134 Å². The molecule has 3 atom stereocenters. The number of hydrogen-bond acceptors (Lipinski definition) is 8. The van der Waals surface area contributed by atoms with Crippen LogP contribution < -0.4 is 10.6 Å². The second-order valence-electron chi connectivity index (χ2n) is 11.1. The fourth-order valence-corrected chi connectivity index (χ4v) is 3.95. The van der Waals surface area contributed by atoms with Crippen LogP contribution in [0.4, 0.5) is 9.59 Å². The second kappa shape index (κ2) is 11.7. The second-order valence-corrected chi connectivity index (χ2v) is 11.1. The third kappa shape index (κ3) is 9.16. The van der Waals surface area contributed by atoms with Gasteiger partial charge in [0.15, 0.2) is 5.78 Å². The van der Waals surface area contributed by atoms with Crippen molar-refractivity contribution in [3.8, 4) is 0 Å². The van der Waals surface area contributed by atoms with E-state index in [1.54, 1.807) is 72.0 Å². The maximum absolute atomic E-state index is 12.6. The molecule has 1 aliphatic carbocycles. The number of rotatable bonds is 8. The van der Waals surface area contributed by atoms with E-state index in [1.807, 2.05) is 6.07 Å². The van der Waals surface area contributed by atoms with Crippen LogP contribution in [0.3, 0.4) is 0 Å². The van der Waals surface area contributed by atoms with Crippen LogP contribution in [0, 0.1) is 0 Å². The zero-order valence-corrected chi connectivity index (χ0v) is 22.3. The highest BCUT2D eigenvalue weighted by atomic mass is 16.6. The summed E-state index contributed by atoms with van der Waals surface area (Å²) in [6.07, 6.45) is 0.901. The summed E-state index contributed by atoms with van der Waals surface area (Å²) in [6.45, 7) is 10.9. The molecular formula is C26H37N5O6. The maximum atomic E-state index is 12.6. The van der Waals surface area contributed by atoms with E-state index < -0.39 is 35.5 Å². The molecule has 202 valence electrons. The summed E-state index contributed by atoms with van der Waals surface area (Å²) in [5.74, 6) is -0.0979. The first-order valence-electron chi connectivity index (χ1n) is 12.4. The molecule has 0 bridgehead atoms. The Morgan fingerprint density at radius 3 is 2.19 bits per heavy atom. The molecule has 1 aromatic carbocycles. The average Bonchev–Trinajstić information content (AvgIpc) is 3.36. The molecule has 2 aromatic rings. The molecule has 0 aliphatic heterocycles. The van der Waals surface area contributed by atoms with Crippen molar-refractivity contribution in [3.05, 3.63) is 47.8 Å². The van der Waals surface area contributed by atoms with Gasteiger partial charge in [-0.3, -0.25) is 4.79 Å². The predicted octanol–water partition coefficient (Wildman–Crippen LogP) is 3.63. The molecule has 37 heavy (non-hydrogen) atoms. The Morgan fingerprint density at radius 2 is 1.57 bits per heavy atom. The lowest BCUT2D eigenvalue weighted by molar-refractivity contribution is 0.0132. The van der Waals surface area contributed by atoms with Gasteiger partial charge < -0.3 is 24.8 Å². The number of alkyl carbamates (subject to hydrolysis) is 2. The smallest absolute Gasteiger partial charge is 0.407 e. The number of ether oxygens (including phenoxy) is 3. The van der Waals surface area contributed by atoms with Gasteiger partial charge in [-0.15, -0.1) is 5.10 Å². The Hall–Kier alpha value is -3.47. The summed E-state index contributed by atoms with van der Waals surface area (Å²) >= 11 is 0. The number of ketones is 1. The van der Waals surface area contributed by atoms with Crippen LogP contribution in [0.25, 0.3) is 0 Å². The van der Waals surface area contributed by atoms with Crippen LogP contribution in [0.2, 0.25) is 0 Å². The fraction of sp³-hybridized carbons (Fsp3) is 0.577. The first-order chi connectivity index (χ1) is 17.3. The molecule has 11 nitrogen and oxygen atoms in total. The number of nitrogens with one attached hydrogen (secondary N) is 2. The van der Waals surface area contributed by atoms with Crippen molar-refractivity contribution in [3.63, 3.8) is 0 Å². The Bertz CT molecular complexity index is 1070. The van der Waals surface area contributed by atoms with Crippen LogP contribution in [-0.4, -0.2) is 62.4 Å². The molecule has 0 unspecified atom stereocenters. The summed E-state index contributed by atoms with van der Waals surface area (Å²) in [7, 11) is 0. The van der Waals surface area contributed by atoms with Gasteiger partial charge in [-0.25, -0.2) is 14.3 Å². The van der Waals surface area contributed by atoms with E-state index in [0.29, 0.717) is 24.1 Å². The minimum Gasteiger partial charge on any atom is -0.444 e. The molecule has 1 heterocycles. The number of carbonyl (C=O) groups is 3. The molecule has 1 fully saturated rings. The van der Waals surface area contributed by atoms with Gasteiger partial charge in [0.1, 0.15) is 17.7 Å². The highest BCUT2D eigenvalue weighted by Gasteiger charge is 2.38. The molecule has 11 heteroatoms. The Morgan fingerprint density at radius 1 is 0.946 bits per heavy atom. The van der Waals surface area contributed by atoms with Crippen molar-refractivity contribution >= 4 is 18.0 Å². The largest absolute Gasteiger partial charge is 0.444 e. The Labute approximate surface area is 217 Å².